The Kier molecular flexibility index (Phi) is 2.26. The summed E-state index contributed by atoms with van der Waals surface area (Å²) >= 11 is 5.66. The highest BCUT2D eigenvalue weighted by Crippen LogP contribution is 2.16. The Morgan fingerprint density at radius 1 is 1.64 bits per heavy atom. The summed E-state index contributed by atoms with van der Waals surface area (Å²) in [5.41, 5.74) is 7.39. The normalized spacial score (nSPS) is 11.0. The van der Waals surface area contributed by atoms with Crippen LogP contribution in [-0.2, 0) is 11.3 Å². The lowest BCUT2D eigenvalue weighted by molar-refractivity contribution is 0.185. The van der Waals surface area contributed by atoms with E-state index in [4.69, 9.17) is 22.1 Å². The predicted molar refractivity (Wildman–Crippen MR) is 53.1 cm³/mol. The van der Waals surface area contributed by atoms with Gasteiger partial charge in [0.2, 0.25) is 5.28 Å². The number of aromatic nitrogens is 3. The highest BCUT2D eigenvalue weighted by Gasteiger charge is 2.05. The Morgan fingerprint density at radius 3 is 3.14 bits per heavy atom. The van der Waals surface area contributed by atoms with Crippen molar-refractivity contribution in [2.45, 2.75) is 6.61 Å². The summed E-state index contributed by atoms with van der Waals surface area (Å²) in [6, 6.07) is 1.87. The number of anilines is 1. The second kappa shape index (κ2) is 3.43. The maximum atomic E-state index is 5.67. The Hall–Kier alpha value is -1.33. The Labute approximate surface area is 85.4 Å². The van der Waals surface area contributed by atoms with Crippen LogP contribution in [0.2, 0.25) is 5.28 Å². The van der Waals surface area contributed by atoms with E-state index in [0.29, 0.717) is 12.4 Å². The van der Waals surface area contributed by atoms with Crippen LogP contribution in [0, 0.1) is 0 Å². The zero-order valence-corrected chi connectivity index (χ0v) is 8.32. The van der Waals surface area contributed by atoms with E-state index in [1.165, 1.54) is 0 Å². The molecule has 0 aromatic carbocycles. The molecule has 0 aliphatic rings. The zero-order chi connectivity index (χ0) is 10.1. The molecule has 0 aliphatic heterocycles. The quantitative estimate of drug-likeness (QED) is 0.810. The summed E-state index contributed by atoms with van der Waals surface area (Å²) in [6.45, 7) is 0.514. The van der Waals surface area contributed by atoms with E-state index in [0.717, 1.165) is 11.1 Å². The molecule has 2 rings (SSSR count). The summed E-state index contributed by atoms with van der Waals surface area (Å²) in [7, 11) is 1.63. The standard InChI is InChI=1S/C8H9ClN4O/c1-14-4-5-2-6-7(10)11-8(9)12-13(6)3-5/h2-3H,4H2,1H3,(H2,10,11,12). The largest absolute Gasteiger partial charge is 0.382 e. The number of nitrogens with two attached hydrogens (primary N) is 1. The molecule has 0 radical (unpaired) electrons. The molecule has 0 saturated heterocycles. The SMILES string of the molecule is COCc1cc2c(N)nc(Cl)nn2c1. The molecule has 14 heavy (non-hydrogen) atoms. The van der Waals surface area contributed by atoms with Crippen LogP contribution in [0.25, 0.3) is 5.52 Å². The van der Waals surface area contributed by atoms with Gasteiger partial charge < -0.3 is 10.5 Å². The van der Waals surface area contributed by atoms with Crippen molar-refractivity contribution in [1.29, 1.82) is 0 Å². The number of hydrogen-bond acceptors (Lipinski definition) is 4. The van der Waals surface area contributed by atoms with Gasteiger partial charge >= 0.3 is 0 Å². The molecule has 2 aromatic heterocycles. The first-order chi connectivity index (χ1) is 6.70. The van der Waals surface area contributed by atoms with Crippen molar-refractivity contribution in [1.82, 2.24) is 14.6 Å². The lowest BCUT2D eigenvalue weighted by Gasteiger charge is -1.96. The molecule has 0 amide bonds. The first-order valence-electron chi connectivity index (χ1n) is 4.00. The molecule has 5 nitrogen and oxygen atoms in total. The van der Waals surface area contributed by atoms with Crippen molar-refractivity contribution in [3.05, 3.63) is 23.1 Å². The van der Waals surface area contributed by atoms with Crippen LogP contribution in [0.3, 0.4) is 0 Å². The molecular formula is C8H9ClN4O. The van der Waals surface area contributed by atoms with Crippen LogP contribution < -0.4 is 5.73 Å². The fourth-order valence-corrected chi connectivity index (χ4v) is 1.47. The maximum Gasteiger partial charge on any atom is 0.243 e. The van der Waals surface area contributed by atoms with Gasteiger partial charge in [0.05, 0.1) is 6.61 Å². The molecule has 6 heteroatoms. The van der Waals surface area contributed by atoms with Gasteiger partial charge in [-0.15, -0.1) is 5.10 Å². The average molecular weight is 213 g/mol. The topological polar surface area (TPSA) is 65.4 Å². The van der Waals surface area contributed by atoms with Gasteiger partial charge in [-0.25, -0.2) is 4.52 Å². The van der Waals surface area contributed by atoms with Crippen molar-refractivity contribution in [2.75, 3.05) is 12.8 Å². The lowest BCUT2D eigenvalue weighted by atomic mass is 10.3. The number of methoxy groups -OCH3 is 1. The molecule has 0 saturated carbocycles. The fraction of sp³-hybridized carbons (Fsp3) is 0.250. The minimum absolute atomic E-state index is 0.134. The van der Waals surface area contributed by atoms with Crippen LogP contribution in [0.15, 0.2) is 12.3 Å². The number of hydrogen-bond donors (Lipinski definition) is 1. The summed E-state index contributed by atoms with van der Waals surface area (Å²) < 4.78 is 6.59. The van der Waals surface area contributed by atoms with Crippen LogP contribution >= 0.6 is 11.6 Å². The molecule has 0 spiro atoms. The number of fused-ring (bicyclic) bond motifs is 1. The van der Waals surface area contributed by atoms with E-state index in [1.54, 1.807) is 11.6 Å². The van der Waals surface area contributed by atoms with Crippen molar-refractivity contribution in [3.63, 3.8) is 0 Å². The monoisotopic (exact) mass is 212 g/mol. The molecule has 74 valence electrons. The number of nitrogens with zero attached hydrogens (tertiary/aromatic N) is 3. The van der Waals surface area contributed by atoms with E-state index in [2.05, 4.69) is 10.1 Å². The summed E-state index contributed by atoms with van der Waals surface area (Å²) in [5, 5.41) is 4.11. The van der Waals surface area contributed by atoms with E-state index >= 15 is 0 Å². The van der Waals surface area contributed by atoms with E-state index < -0.39 is 0 Å². The van der Waals surface area contributed by atoms with Gasteiger partial charge in [0.15, 0.2) is 5.82 Å². The lowest BCUT2D eigenvalue weighted by Crippen LogP contribution is -1.99. The van der Waals surface area contributed by atoms with Crippen LogP contribution in [0.1, 0.15) is 5.56 Å². The van der Waals surface area contributed by atoms with Gasteiger partial charge in [0, 0.05) is 13.3 Å². The van der Waals surface area contributed by atoms with Crippen molar-refractivity contribution < 1.29 is 4.74 Å². The van der Waals surface area contributed by atoms with Crippen molar-refractivity contribution in [2.24, 2.45) is 0 Å². The fourth-order valence-electron chi connectivity index (χ4n) is 1.29. The van der Waals surface area contributed by atoms with Gasteiger partial charge in [0.1, 0.15) is 5.52 Å². The number of rotatable bonds is 2. The van der Waals surface area contributed by atoms with Gasteiger partial charge in [-0.05, 0) is 23.2 Å². The first-order valence-corrected chi connectivity index (χ1v) is 4.37. The Morgan fingerprint density at radius 2 is 2.43 bits per heavy atom. The summed E-state index contributed by atoms with van der Waals surface area (Å²) in [4.78, 5) is 3.85. The van der Waals surface area contributed by atoms with E-state index in [1.807, 2.05) is 12.3 Å². The molecule has 2 aromatic rings. The Balaban J connectivity index is 2.58. The average Bonchev–Trinajstić information content (AvgIpc) is 2.48. The van der Waals surface area contributed by atoms with Crippen LogP contribution in [0.4, 0.5) is 5.82 Å². The number of halogens is 1. The maximum absolute atomic E-state index is 5.67. The molecule has 0 bridgehead atoms. The molecule has 2 N–H and O–H groups in total. The second-order valence-electron chi connectivity index (χ2n) is 2.88. The minimum atomic E-state index is 0.134. The van der Waals surface area contributed by atoms with Crippen LogP contribution in [0.5, 0.6) is 0 Å². The van der Waals surface area contributed by atoms with Crippen LogP contribution in [-0.4, -0.2) is 21.7 Å². The van der Waals surface area contributed by atoms with Gasteiger partial charge in [-0.1, -0.05) is 0 Å². The van der Waals surface area contributed by atoms with Crippen molar-refractivity contribution >= 4 is 22.9 Å². The predicted octanol–water partition coefficient (Wildman–Crippen LogP) is 1.11. The first kappa shape index (κ1) is 9.23. The summed E-state index contributed by atoms with van der Waals surface area (Å²) in [5.74, 6) is 0.368. The number of nitrogen functional groups attached to an aromatic ring is 1. The molecule has 0 fully saturated rings. The minimum Gasteiger partial charge on any atom is -0.382 e. The van der Waals surface area contributed by atoms with Gasteiger partial charge in [-0.2, -0.15) is 4.98 Å². The summed E-state index contributed by atoms with van der Waals surface area (Å²) in [6.07, 6.45) is 1.81. The third-order valence-corrected chi connectivity index (χ3v) is 1.99. The highest BCUT2D eigenvalue weighted by molar-refractivity contribution is 6.28. The molecule has 2 heterocycles. The third kappa shape index (κ3) is 1.51. The van der Waals surface area contributed by atoms with Gasteiger partial charge in [0.25, 0.3) is 0 Å². The van der Waals surface area contributed by atoms with Crippen molar-refractivity contribution in [3.8, 4) is 0 Å². The third-order valence-electron chi connectivity index (χ3n) is 1.83. The van der Waals surface area contributed by atoms with Gasteiger partial charge in [-0.3, -0.25) is 0 Å². The smallest absolute Gasteiger partial charge is 0.243 e. The van der Waals surface area contributed by atoms with E-state index in [-0.39, 0.29) is 5.28 Å². The molecular weight excluding hydrogens is 204 g/mol. The molecule has 0 unspecified atom stereocenters. The Bertz CT molecular complexity index is 468. The highest BCUT2D eigenvalue weighted by atomic mass is 35.5. The molecule has 0 atom stereocenters. The zero-order valence-electron chi connectivity index (χ0n) is 7.57. The second-order valence-corrected chi connectivity index (χ2v) is 3.22. The van der Waals surface area contributed by atoms with E-state index in [9.17, 15) is 0 Å². The number of ether oxygens (including phenoxy) is 1. The molecule has 0 aliphatic carbocycles.